The Labute approximate surface area is 170 Å². The van der Waals surface area contributed by atoms with E-state index in [0.717, 1.165) is 36.6 Å². The van der Waals surface area contributed by atoms with E-state index < -0.39 is 0 Å². The number of hydrogen-bond donors (Lipinski definition) is 1. The predicted octanol–water partition coefficient (Wildman–Crippen LogP) is 3.30. The van der Waals surface area contributed by atoms with E-state index in [1.54, 1.807) is 11.9 Å². The molecule has 0 saturated carbocycles. The minimum atomic E-state index is -0.0870. The summed E-state index contributed by atoms with van der Waals surface area (Å²) in [7, 11) is 1.71. The third kappa shape index (κ3) is 3.32. The zero-order valence-corrected chi connectivity index (χ0v) is 18.7. The highest BCUT2D eigenvalue weighted by molar-refractivity contribution is 14.1. The quantitative estimate of drug-likeness (QED) is 0.400. The Bertz CT molecular complexity index is 643. The van der Waals surface area contributed by atoms with Crippen molar-refractivity contribution in [1.29, 1.82) is 0 Å². The van der Waals surface area contributed by atoms with Crippen LogP contribution >= 0.6 is 67.8 Å². The van der Waals surface area contributed by atoms with Gasteiger partial charge in [-0.1, -0.05) is 0 Å². The van der Waals surface area contributed by atoms with Gasteiger partial charge in [0.2, 0.25) is 5.91 Å². The van der Waals surface area contributed by atoms with Crippen molar-refractivity contribution in [3.63, 3.8) is 0 Å². The van der Waals surface area contributed by atoms with E-state index in [4.69, 9.17) is 5.73 Å². The minimum absolute atomic E-state index is 0.00704. The van der Waals surface area contributed by atoms with E-state index in [9.17, 15) is 9.59 Å². The first-order valence-electron chi connectivity index (χ1n) is 6.76. The van der Waals surface area contributed by atoms with Crippen molar-refractivity contribution in [3.8, 4) is 0 Å². The topological polar surface area (TPSA) is 66.6 Å². The van der Waals surface area contributed by atoms with Crippen LogP contribution in [0.5, 0.6) is 0 Å². The molecule has 1 fully saturated rings. The van der Waals surface area contributed by atoms with Gasteiger partial charge in [-0.3, -0.25) is 9.59 Å². The third-order valence-electron chi connectivity index (χ3n) is 3.74. The van der Waals surface area contributed by atoms with Crippen molar-refractivity contribution < 1.29 is 9.59 Å². The zero-order chi connectivity index (χ0) is 16.6. The number of halogens is 3. The largest absolute Gasteiger partial charge is 0.397 e. The molecule has 1 aliphatic heterocycles. The summed E-state index contributed by atoms with van der Waals surface area (Å²) in [5.41, 5.74) is 8.09. The van der Waals surface area contributed by atoms with Crippen molar-refractivity contribution in [2.75, 3.05) is 30.8 Å². The number of amides is 2. The lowest BCUT2D eigenvalue weighted by Crippen LogP contribution is -2.31. The summed E-state index contributed by atoms with van der Waals surface area (Å²) >= 11 is 6.42. The Morgan fingerprint density at radius 1 is 1.09 bits per heavy atom. The SMILES string of the molecule is CC(=O)N(C)c1c(I)c(N)c(I)c(C(=O)N2CCCC2)c1I. The summed E-state index contributed by atoms with van der Waals surface area (Å²) in [6, 6.07) is 0. The van der Waals surface area contributed by atoms with Crippen LogP contribution in [0.2, 0.25) is 0 Å². The number of likely N-dealkylation sites (tertiary alicyclic amines) is 1. The number of carbonyl (C=O) groups excluding carboxylic acids is 2. The molecule has 0 unspecified atom stereocenters. The van der Waals surface area contributed by atoms with Crippen LogP contribution < -0.4 is 10.6 Å². The minimum Gasteiger partial charge on any atom is -0.397 e. The summed E-state index contributed by atoms with van der Waals surface area (Å²) in [5.74, 6) is -0.0800. The van der Waals surface area contributed by atoms with E-state index >= 15 is 0 Å². The molecule has 120 valence electrons. The third-order valence-corrected chi connectivity index (χ3v) is 7.01. The fourth-order valence-electron chi connectivity index (χ4n) is 2.39. The highest BCUT2D eigenvalue weighted by Gasteiger charge is 2.29. The molecule has 22 heavy (non-hydrogen) atoms. The first-order chi connectivity index (χ1) is 10.3. The molecule has 2 rings (SSSR count). The summed E-state index contributed by atoms with van der Waals surface area (Å²) in [6.45, 7) is 3.08. The van der Waals surface area contributed by atoms with Gasteiger partial charge in [-0.05, 0) is 80.6 Å². The van der Waals surface area contributed by atoms with Crippen molar-refractivity contribution in [1.82, 2.24) is 4.90 Å². The maximum absolute atomic E-state index is 12.9. The van der Waals surface area contributed by atoms with Crippen molar-refractivity contribution in [2.24, 2.45) is 0 Å². The molecule has 1 aliphatic rings. The second-order valence-electron chi connectivity index (χ2n) is 5.16. The highest BCUT2D eigenvalue weighted by atomic mass is 127. The lowest BCUT2D eigenvalue weighted by Gasteiger charge is -2.25. The van der Waals surface area contributed by atoms with Gasteiger partial charge in [0, 0.05) is 27.1 Å². The number of nitrogens with zero attached hydrogens (tertiary/aromatic N) is 2. The van der Waals surface area contributed by atoms with Gasteiger partial charge in [-0.15, -0.1) is 0 Å². The van der Waals surface area contributed by atoms with Crippen LogP contribution in [0.1, 0.15) is 30.1 Å². The summed E-state index contributed by atoms with van der Waals surface area (Å²) in [6.07, 6.45) is 2.08. The molecular formula is C14H16I3N3O2. The number of benzene rings is 1. The molecule has 1 aromatic rings. The van der Waals surface area contributed by atoms with Crippen molar-refractivity contribution >= 4 is 91.0 Å². The summed E-state index contributed by atoms with van der Waals surface area (Å²) < 4.78 is 2.36. The van der Waals surface area contributed by atoms with E-state index in [1.807, 2.05) is 4.90 Å². The molecule has 2 amide bonds. The van der Waals surface area contributed by atoms with Gasteiger partial charge < -0.3 is 15.5 Å². The fraction of sp³-hybridized carbons (Fsp3) is 0.429. The molecular weight excluding hydrogens is 623 g/mol. The molecule has 0 bridgehead atoms. The van der Waals surface area contributed by atoms with Crippen LogP contribution in [-0.4, -0.2) is 36.9 Å². The second kappa shape index (κ2) is 7.36. The van der Waals surface area contributed by atoms with Gasteiger partial charge in [-0.2, -0.15) is 0 Å². The normalized spacial score (nSPS) is 14.3. The van der Waals surface area contributed by atoms with Crippen LogP contribution in [0.15, 0.2) is 0 Å². The molecule has 0 aliphatic carbocycles. The number of anilines is 2. The van der Waals surface area contributed by atoms with Crippen LogP contribution in [-0.2, 0) is 4.79 Å². The maximum Gasteiger partial charge on any atom is 0.256 e. The lowest BCUT2D eigenvalue weighted by atomic mass is 10.1. The van der Waals surface area contributed by atoms with Gasteiger partial charge in [-0.25, -0.2) is 0 Å². The Hall–Kier alpha value is 0.150. The molecule has 1 saturated heterocycles. The van der Waals surface area contributed by atoms with Crippen LogP contribution in [0.25, 0.3) is 0 Å². The molecule has 0 aromatic heterocycles. The maximum atomic E-state index is 12.9. The van der Waals surface area contributed by atoms with Gasteiger partial charge in [0.25, 0.3) is 5.91 Å². The Balaban J connectivity index is 2.63. The lowest BCUT2D eigenvalue weighted by molar-refractivity contribution is -0.116. The van der Waals surface area contributed by atoms with E-state index in [2.05, 4.69) is 67.8 Å². The molecule has 2 N–H and O–H groups in total. The second-order valence-corrected chi connectivity index (χ2v) is 8.39. The zero-order valence-electron chi connectivity index (χ0n) is 12.3. The van der Waals surface area contributed by atoms with Crippen LogP contribution in [0.3, 0.4) is 0 Å². The van der Waals surface area contributed by atoms with Gasteiger partial charge >= 0.3 is 0 Å². The average Bonchev–Trinajstić information content (AvgIpc) is 2.99. The van der Waals surface area contributed by atoms with Crippen molar-refractivity contribution in [2.45, 2.75) is 19.8 Å². The Morgan fingerprint density at radius 2 is 1.64 bits per heavy atom. The van der Waals surface area contributed by atoms with Crippen molar-refractivity contribution in [3.05, 3.63) is 16.3 Å². The van der Waals surface area contributed by atoms with Crippen LogP contribution in [0, 0.1) is 10.7 Å². The molecule has 0 radical (unpaired) electrons. The first kappa shape index (κ1) is 18.5. The monoisotopic (exact) mass is 639 g/mol. The van der Waals surface area contributed by atoms with Gasteiger partial charge in [0.05, 0.1) is 27.6 Å². The summed E-state index contributed by atoms with van der Waals surface area (Å²) in [5, 5.41) is 0. The molecule has 5 nitrogen and oxygen atoms in total. The smallest absolute Gasteiger partial charge is 0.256 e. The van der Waals surface area contributed by atoms with Crippen LogP contribution in [0.4, 0.5) is 11.4 Å². The Kier molecular flexibility index (Phi) is 6.19. The molecule has 8 heteroatoms. The number of carbonyl (C=O) groups is 2. The first-order valence-corrected chi connectivity index (χ1v) is 10.0. The van der Waals surface area contributed by atoms with E-state index in [-0.39, 0.29) is 11.8 Å². The predicted molar refractivity (Wildman–Crippen MR) is 113 cm³/mol. The number of hydrogen-bond acceptors (Lipinski definition) is 3. The fourth-order valence-corrected chi connectivity index (χ4v) is 6.74. The standard InChI is InChI=1S/C14H16I3N3O2/c1-7(21)19(2)13-10(16)8(9(15)12(18)11(13)17)14(22)20-5-3-4-6-20/h3-6,18H2,1-2H3. The Morgan fingerprint density at radius 3 is 2.14 bits per heavy atom. The van der Waals surface area contributed by atoms with E-state index in [1.165, 1.54) is 6.92 Å². The number of nitrogen functional groups attached to an aromatic ring is 1. The highest BCUT2D eigenvalue weighted by Crippen LogP contribution is 2.39. The molecule has 1 heterocycles. The number of rotatable bonds is 2. The average molecular weight is 639 g/mol. The molecule has 1 aromatic carbocycles. The van der Waals surface area contributed by atoms with E-state index in [0.29, 0.717) is 16.9 Å². The number of nitrogens with two attached hydrogens (primary N) is 1. The van der Waals surface area contributed by atoms with Gasteiger partial charge in [0.1, 0.15) is 0 Å². The molecule has 0 atom stereocenters. The molecule has 0 spiro atoms. The summed E-state index contributed by atoms with van der Waals surface area (Å²) in [4.78, 5) is 28.0. The van der Waals surface area contributed by atoms with Gasteiger partial charge in [0.15, 0.2) is 0 Å².